The number of nitrogens with zero attached hydrogens (tertiary/aromatic N) is 1. The lowest BCUT2D eigenvalue weighted by molar-refractivity contribution is 0.0950. The van der Waals surface area contributed by atoms with Crippen molar-refractivity contribution in [3.8, 4) is 11.5 Å². The number of rotatable bonds is 7. The van der Waals surface area contributed by atoms with Crippen molar-refractivity contribution in [2.45, 2.75) is 6.61 Å². The second-order valence-electron chi connectivity index (χ2n) is 5.71. The minimum atomic E-state index is -0.343. The summed E-state index contributed by atoms with van der Waals surface area (Å²) in [5.41, 5.74) is 4.76. The first-order valence-corrected chi connectivity index (χ1v) is 8.50. The molecule has 0 aliphatic rings. The predicted molar refractivity (Wildman–Crippen MR) is 105 cm³/mol. The molecule has 3 aromatic carbocycles. The Morgan fingerprint density at radius 1 is 0.926 bits per heavy atom. The van der Waals surface area contributed by atoms with E-state index < -0.39 is 0 Å². The Morgan fingerprint density at radius 3 is 2.37 bits per heavy atom. The van der Waals surface area contributed by atoms with Crippen LogP contribution >= 0.6 is 0 Å². The lowest BCUT2D eigenvalue weighted by Crippen LogP contribution is -2.18. The van der Waals surface area contributed by atoms with Crippen molar-refractivity contribution in [1.29, 1.82) is 0 Å². The third kappa shape index (κ3) is 4.95. The lowest BCUT2D eigenvalue weighted by Gasteiger charge is -2.10. The van der Waals surface area contributed by atoms with Gasteiger partial charge in [-0.05, 0) is 29.8 Å². The first-order valence-electron chi connectivity index (χ1n) is 8.50. The molecule has 0 unspecified atom stereocenters. The van der Waals surface area contributed by atoms with Crippen LogP contribution in [0, 0.1) is 0 Å². The van der Waals surface area contributed by atoms with E-state index in [9.17, 15) is 4.79 Å². The van der Waals surface area contributed by atoms with Gasteiger partial charge >= 0.3 is 0 Å². The molecule has 0 saturated heterocycles. The first kappa shape index (κ1) is 18.2. The van der Waals surface area contributed by atoms with E-state index in [4.69, 9.17) is 9.47 Å². The van der Waals surface area contributed by atoms with E-state index in [1.54, 1.807) is 31.5 Å². The highest BCUT2D eigenvalue weighted by molar-refractivity contribution is 5.97. The van der Waals surface area contributed by atoms with Crippen molar-refractivity contribution in [3.63, 3.8) is 0 Å². The largest absolute Gasteiger partial charge is 0.496 e. The molecule has 1 N–H and O–H groups in total. The number of benzene rings is 3. The Bertz CT molecular complexity index is 924. The Morgan fingerprint density at radius 2 is 1.59 bits per heavy atom. The van der Waals surface area contributed by atoms with E-state index in [1.165, 1.54) is 0 Å². The molecule has 0 bridgehead atoms. The number of carbonyl (C=O) groups is 1. The van der Waals surface area contributed by atoms with Crippen LogP contribution < -0.4 is 14.9 Å². The van der Waals surface area contributed by atoms with Gasteiger partial charge in [-0.1, -0.05) is 54.6 Å². The summed E-state index contributed by atoms with van der Waals surface area (Å²) >= 11 is 0. The molecule has 5 nitrogen and oxygen atoms in total. The third-order valence-corrected chi connectivity index (χ3v) is 3.88. The molecule has 0 heterocycles. The lowest BCUT2D eigenvalue weighted by atomic mass is 10.2. The highest BCUT2D eigenvalue weighted by Gasteiger charge is 2.11. The molecule has 136 valence electrons. The van der Waals surface area contributed by atoms with Crippen LogP contribution in [0.2, 0.25) is 0 Å². The highest BCUT2D eigenvalue weighted by atomic mass is 16.5. The maximum Gasteiger partial charge on any atom is 0.275 e. The fourth-order valence-electron chi connectivity index (χ4n) is 2.51. The van der Waals surface area contributed by atoms with Crippen LogP contribution in [-0.4, -0.2) is 19.2 Å². The molecule has 3 rings (SSSR count). The summed E-state index contributed by atoms with van der Waals surface area (Å²) in [5, 5.41) is 4.03. The normalized spacial score (nSPS) is 10.6. The number of carbonyl (C=O) groups excluding carboxylic acids is 1. The van der Waals surface area contributed by atoms with Gasteiger partial charge in [-0.3, -0.25) is 4.79 Å². The van der Waals surface area contributed by atoms with Gasteiger partial charge < -0.3 is 9.47 Å². The molecule has 0 fully saturated rings. The fourth-order valence-corrected chi connectivity index (χ4v) is 2.51. The minimum Gasteiger partial charge on any atom is -0.496 e. The zero-order valence-electron chi connectivity index (χ0n) is 15.0. The summed E-state index contributed by atoms with van der Waals surface area (Å²) in [5.74, 6) is 0.846. The first-order chi connectivity index (χ1) is 13.3. The van der Waals surface area contributed by atoms with Crippen LogP contribution in [-0.2, 0) is 6.61 Å². The fraction of sp³-hybridized carbons (Fsp3) is 0.0909. The average molecular weight is 360 g/mol. The number of hydrogen-bond acceptors (Lipinski definition) is 4. The van der Waals surface area contributed by atoms with E-state index in [0.29, 0.717) is 23.7 Å². The van der Waals surface area contributed by atoms with Crippen LogP contribution in [0.4, 0.5) is 0 Å². The summed E-state index contributed by atoms with van der Waals surface area (Å²) < 4.78 is 11.1. The quantitative estimate of drug-likeness (QED) is 0.511. The number of ether oxygens (including phenoxy) is 2. The maximum atomic E-state index is 12.5. The topological polar surface area (TPSA) is 59.9 Å². The number of methoxy groups -OCH3 is 1. The molecule has 5 heteroatoms. The van der Waals surface area contributed by atoms with E-state index in [-0.39, 0.29) is 5.91 Å². The summed E-state index contributed by atoms with van der Waals surface area (Å²) in [6.07, 6.45) is 1.55. The molecule has 3 aromatic rings. The molecule has 0 aliphatic heterocycles. The summed E-state index contributed by atoms with van der Waals surface area (Å²) in [4.78, 5) is 12.5. The second-order valence-corrected chi connectivity index (χ2v) is 5.71. The van der Waals surface area contributed by atoms with Crippen molar-refractivity contribution in [2.75, 3.05) is 7.11 Å². The Labute approximate surface area is 158 Å². The van der Waals surface area contributed by atoms with Gasteiger partial charge in [0.05, 0.1) is 18.9 Å². The van der Waals surface area contributed by atoms with Crippen LogP contribution in [0.25, 0.3) is 0 Å². The number of hydrogen-bond donors (Lipinski definition) is 1. The number of amides is 1. The second kappa shape index (κ2) is 9.20. The molecule has 27 heavy (non-hydrogen) atoms. The molecular formula is C22H20N2O3. The van der Waals surface area contributed by atoms with Crippen LogP contribution in [0.3, 0.4) is 0 Å². The molecule has 0 radical (unpaired) electrons. The summed E-state index contributed by atoms with van der Waals surface area (Å²) in [7, 11) is 1.59. The number of nitrogens with one attached hydrogen (secondary N) is 1. The van der Waals surface area contributed by atoms with Crippen molar-refractivity contribution >= 4 is 12.1 Å². The minimum absolute atomic E-state index is 0.343. The van der Waals surface area contributed by atoms with E-state index in [0.717, 1.165) is 11.1 Å². The number of hydrazone groups is 1. The van der Waals surface area contributed by atoms with Gasteiger partial charge in [0.1, 0.15) is 18.1 Å². The smallest absolute Gasteiger partial charge is 0.275 e. The van der Waals surface area contributed by atoms with Crippen molar-refractivity contribution in [2.24, 2.45) is 5.10 Å². The van der Waals surface area contributed by atoms with Gasteiger partial charge in [-0.15, -0.1) is 0 Å². The number of para-hydroxylation sites is 2. The van der Waals surface area contributed by atoms with Crippen LogP contribution in [0.5, 0.6) is 11.5 Å². The van der Waals surface area contributed by atoms with E-state index >= 15 is 0 Å². The highest BCUT2D eigenvalue weighted by Crippen LogP contribution is 2.19. The van der Waals surface area contributed by atoms with Crippen LogP contribution in [0.15, 0.2) is 84.0 Å². The molecule has 1 amide bonds. The van der Waals surface area contributed by atoms with Gasteiger partial charge in [-0.2, -0.15) is 5.10 Å². The van der Waals surface area contributed by atoms with Crippen molar-refractivity contribution < 1.29 is 14.3 Å². The maximum absolute atomic E-state index is 12.5. The Balaban J connectivity index is 1.67. The summed E-state index contributed by atoms with van der Waals surface area (Å²) in [6, 6.07) is 24.3. The molecule has 0 aromatic heterocycles. The third-order valence-electron chi connectivity index (χ3n) is 3.88. The van der Waals surface area contributed by atoms with E-state index in [1.807, 2.05) is 60.7 Å². The zero-order valence-corrected chi connectivity index (χ0v) is 15.0. The molecular weight excluding hydrogens is 340 g/mol. The van der Waals surface area contributed by atoms with Gasteiger partial charge in [0.15, 0.2) is 0 Å². The van der Waals surface area contributed by atoms with Gasteiger partial charge in [0.2, 0.25) is 0 Å². The summed E-state index contributed by atoms with van der Waals surface area (Å²) in [6.45, 7) is 0.385. The van der Waals surface area contributed by atoms with Crippen molar-refractivity contribution in [1.82, 2.24) is 5.43 Å². The van der Waals surface area contributed by atoms with Gasteiger partial charge in [-0.25, -0.2) is 5.43 Å². The molecule has 0 aliphatic carbocycles. The van der Waals surface area contributed by atoms with Gasteiger partial charge in [0.25, 0.3) is 5.91 Å². The zero-order chi connectivity index (χ0) is 18.9. The van der Waals surface area contributed by atoms with Gasteiger partial charge in [0, 0.05) is 5.56 Å². The average Bonchev–Trinajstić information content (AvgIpc) is 2.73. The SMILES string of the molecule is COc1ccccc1C=NNC(=O)c1ccccc1OCc1ccccc1. The van der Waals surface area contributed by atoms with E-state index in [2.05, 4.69) is 10.5 Å². The standard InChI is InChI=1S/C22H20N2O3/c1-26-20-13-7-5-11-18(20)15-23-24-22(25)19-12-6-8-14-21(19)27-16-17-9-3-2-4-10-17/h2-15H,16H2,1H3,(H,24,25). The van der Waals surface area contributed by atoms with Crippen LogP contribution in [0.1, 0.15) is 21.5 Å². The molecule has 0 atom stereocenters. The predicted octanol–water partition coefficient (Wildman–Crippen LogP) is 4.04. The Kier molecular flexibility index (Phi) is 6.20. The van der Waals surface area contributed by atoms with Crippen molar-refractivity contribution in [3.05, 3.63) is 95.6 Å². The molecule has 0 saturated carbocycles. The Hall–Kier alpha value is -3.60. The monoisotopic (exact) mass is 360 g/mol. The molecule has 0 spiro atoms.